The van der Waals surface area contributed by atoms with Gasteiger partial charge in [-0.1, -0.05) is 65.2 Å². The van der Waals surface area contributed by atoms with Crippen LogP contribution in [0.4, 0.5) is 0 Å². The molecule has 0 aromatic heterocycles. The largest absolute Gasteiger partial charge is 0.0654 e. The molecule has 3 fully saturated rings. The second-order valence-corrected chi connectivity index (χ2v) is 9.97. The minimum atomic E-state index is 1.02. The topological polar surface area (TPSA) is 0 Å². The predicted molar refractivity (Wildman–Crippen MR) is 106 cm³/mol. The van der Waals surface area contributed by atoms with Crippen molar-refractivity contribution < 1.29 is 0 Å². The van der Waals surface area contributed by atoms with Crippen LogP contribution in [0.3, 0.4) is 0 Å². The van der Waals surface area contributed by atoms with Gasteiger partial charge in [-0.3, -0.25) is 0 Å². The molecule has 0 amide bonds. The molecule has 0 unspecified atom stereocenters. The fourth-order valence-corrected chi connectivity index (χ4v) is 6.48. The van der Waals surface area contributed by atoms with Gasteiger partial charge in [-0.05, 0) is 86.9 Å². The maximum atomic E-state index is 2.46. The lowest BCUT2D eigenvalue weighted by Gasteiger charge is -2.41. The molecule has 0 heterocycles. The lowest BCUT2D eigenvalue weighted by atomic mass is 9.65. The van der Waals surface area contributed by atoms with Gasteiger partial charge in [0.05, 0.1) is 0 Å². The Kier molecular flexibility index (Phi) is 7.54. The van der Waals surface area contributed by atoms with Crippen LogP contribution in [0.15, 0.2) is 0 Å². The summed E-state index contributed by atoms with van der Waals surface area (Å²) < 4.78 is 0. The average Bonchev–Trinajstić information content (AvgIpc) is 2.63. The third-order valence-corrected chi connectivity index (χ3v) is 8.32. The van der Waals surface area contributed by atoms with Crippen LogP contribution < -0.4 is 0 Å². The Morgan fingerprint density at radius 3 is 1.42 bits per heavy atom. The van der Waals surface area contributed by atoms with Gasteiger partial charge in [0.25, 0.3) is 0 Å². The average molecular weight is 333 g/mol. The van der Waals surface area contributed by atoms with E-state index in [0.29, 0.717) is 0 Å². The highest BCUT2D eigenvalue weighted by atomic mass is 14.4. The van der Waals surface area contributed by atoms with Gasteiger partial charge in [-0.2, -0.15) is 0 Å². The Hall–Kier alpha value is 0. The molecular weight excluding hydrogens is 288 g/mol. The van der Waals surface area contributed by atoms with Crippen LogP contribution in [-0.2, 0) is 0 Å². The lowest BCUT2D eigenvalue weighted by Crippen LogP contribution is -2.29. The molecule has 0 aromatic rings. The summed E-state index contributed by atoms with van der Waals surface area (Å²) in [5.41, 5.74) is 0. The van der Waals surface area contributed by atoms with Crippen molar-refractivity contribution in [3.8, 4) is 0 Å². The standard InChI is InChI=1S/C24H44/c1-3-4-5-6-20-9-13-22(14-10-20)24-17-15-23(16-18-24)21-11-7-19(2)8-12-21/h19-24H,3-18H2,1-2H3. The van der Waals surface area contributed by atoms with E-state index >= 15 is 0 Å². The molecule has 3 saturated carbocycles. The number of rotatable bonds is 6. The van der Waals surface area contributed by atoms with Crippen molar-refractivity contribution in [2.75, 3.05) is 0 Å². The summed E-state index contributed by atoms with van der Waals surface area (Å²) in [5.74, 6) is 6.55. The van der Waals surface area contributed by atoms with Crippen LogP contribution in [0.25, 0.3) is 0 Å². The fraction of sp³-hybridized carbons (Fsp3) is 1.00. The van der Waals surface area contributed by atoms with Gasteiger partial charge < -0.3 is 0 Å². The molecule has 24 heavy (non-hydrogen) atoms. The van der Waals surface area contributed by atoms with Gasteiger partial charge in [-0.15, -0.1) is 0 Å². The molecular formula is C24H44. The van der Waals surface area contributed by atoms with Crippen molar-refractivity contribution in [1.82, 2.24) is 0 Å². The molecule has 0 aromatic carbocycles. The van der Waals surface area contributed by atoms with E-state index in [0.717, 1.165) is 35.5 Å². The van der Waals surface area contributed by atoms with E-state index in [9.17, 15) is 0 Å². The molecule has 0 bridgehead atoms. The summed E-state index contributed by atoms with van der Waals surface area (Å²) in [6.45, 7) is 4.80. The Bertz CT molecular complexity index is 322. The molecule has 140 valence electrons. The fourth-order valence-electron chi connectivity index (χ4n) is 6.48. The Morgan fingerprint density at radius 2 is 0.958 bits per heavy atom. The first-order valence-electron chi connectivity index (χ1n) is 11.8. The molecule has 0 nitrogen and oxygen atoms in total. The van der Waals surface area contributed by atoms with E-state index in [-0.39, 0.29) is 0 Å². The van der Waals surface area contributed by atoms with Crippen molar-refractivity contribution in [2.45, 2.75) is 117 Å². The van der Waals surface area contributed by atoms with Gasteiger partial charge in [-0.25, -0.2) is 0 Å². The van der Waals surface area contributed by atoms with Crippen LogP contribution >= 0.6 is 0 Å². The van der Waals surface area contributed by atoms with Gasteiger partial charge in [0, 0.05) is 0 Å². The molecule has 3 rings (SSSR count). The van der Waals surface area contributed by atoms with E-state index in [1.807, 2.05) is 0 Å². The second kappa shape index (κ2) is 9.63. The number of unbranched alkanes of at least 4 members (excludes halogenated alkanes) is 2. The van der Waals surface area contributed by atoms with Gasteiger partial charge in [0.1, 0.15) is 0 Å². The summed E-state index contributed by atoms with van der Waals surface area (Å²) in [6.07, 6.45) is 24.7. The summed E-state index contributed by atoms with van der Waals surface area (Å²) >= 11 is 0. The van der Waals surface area contributed by atoms with E-state index in [2.05, 4.69) is 13.8 Å². The minimum Gasteiger partial charge on any atom is -0.0654 e. The third kappa shape index (κ3) is 5.25. The van der Waals surface area contributed by atoms with Gasteiger partial charge >= 0.3 is 0 Å². The Balaban J connectivity index is 1.34. The maximum absolute atomic E-state index is 2.46. The van der Waals surface area contributed by atoms with E-state index in [1.165, 1.54) is 38.5 Å². The molecule has 0 heteroatoms. The van der Waals surface area contributed by atoms with Crippen molar-refractivity contribution >= 4 is 0 Å². The highest BCUT2D eigenvalue weighted by Crippen LogP contribution is 2.46. The van der Waals surface area contributed by atoms with Gasteiger partial charge in [0.15, 0.2) is 0 Å². The zero-order valence-electron chi connectivity index (χ0n) is 16.8. The number of hydrogen-bond donors (Lipinski definition) is 0. The van der Waals surface area contributed by atoms with E-state index in [4.69, 9.17) is 0 Å². The van der Waals surface area contributed by atoms with Crippen molar-refractivity contribution in [2.24, 2.45) is 35.5 Å². The van der Waals surface area contributed by atoms with Crippen LogP contribution in [0.5, 0.6) is 0 Å². The van der Waals surface area contributed by atoms with Crippen LogP contribution in [-0.4, -0.2) is 0 Å². The molecule has 3 aliphatic rings. The first-order chi connectivity index (χ1) is 11.8. The quantitative estimate of drug-likeness (QED) is 0.432. The normalized spacial score (nSPS) is 41.2. The van der Waals surface area contributed by atoms with Crippen molar-refractivity contribution in [3.05, 3.63) is 0 Å². The highest BCUT2D eigenvalue weighted by Gasteiger charge is 2.34. The van der Waals surface area contributed by atoms with Crippen LogP contribution in [0, 0.1) is 35.5 Å². The highest BCUT2D eigenvalue weighted by molar-refractivity contribution is 4.85. The SMILES string of the molecule is CCCCCC1CCC(C2CCC(C3CCC(C)CC3)CC2)CC1. The molecule has 0 atom stereocenters. The molecule has 0 aliphatic heterocycles. The molecule has 0 N–H and O–H groups in total. The smallest absolute Gasteiger partial charge is 0.0386 e. The van der Waals surface area contributed by atoms with Gasteiger partial charge in [0.2, 0.25) is 0 Å². The summed E-state index contributed by atoms with van der Waals surface area (Å²) in [4.78, 5) is 0. The summed E-state index contributed by atoms with van der Waals surface area (Å²) in [5, 5.41) is 0. The molecule has 3 aliphatic carbocycles. The maximum Gasteiger partial charge on any atom is -0.0386 e. The first-order valence-corrected chi connectivity index (χ1v) is 11.8. The lowest BCUT2D eigenvalue weighted by molar-refractivity contribution is 0.105. The zero-order valence-corrected chi connectivity index (χ0v) is 16.8. The van der Waals surface area contributed by atoms with E-state index in [1.54, 1.807) is 64.2 Å². The van der Waals surface area contributed by atoms with Crippen LogP contribution in [0.1, 0.15) is 117 Å². The molecule has 0 radical (unpaired) electrons. The van der Waals surface area contributed by atoms with Crippen molar-refractivity contribution in [1.29, 1.82) is 0 Å². The predicted octanol–water partition coefficient (Wildman–Crippen LogP) is 8.01. The zero-order chi connectivity index (χ0) is 16.8. The van der Waals surface area contributed by atoms with Crippen molar-refractivity contribution in [3.63, 3.8) is 0 Å². The monoisotopic (exact) mass is 332 g/mol. The molecule has 0 saturated heterocycles. The summed E-state index contributed by atoms with van der Waals surface area (Å²) in [7, 11) is 0. The number of hydrogen-bond acceptors (Lipinski definition) is 0. The molecule has 0 spiro atoms. The second-order valence-electron chi connectivity index (χ2n) is 9.97. The minimum absolute atomic E-state index is 1.02. The van der Waals surface area contributed by atoms with E-state index < -0.39 is 0 Å². The third-order valence-electron chi connectivity index (χ3n) is 8.32. The first kappa shape index (κ1) is 18.8. The Labute approximate surface area is 152 Å². The Morgan fingerprint density at radius 1 is 0.542 bits per heavy atom. The summed E-state index contributed by atoms with van der Waals surface area (Å²) in [6, 6.07) is 0. The van der Waals surface area contributed by atoms with Crippen LogP contribution in [0.2, 0.25) is 0 Å².